The third-order valence-electron chi connectivity index (χ3n) is 2.43. The van der Waals surface area contributed by atoms with Crippen molar-refractivity contribution in [3.63, 3.8) is 0 Å². The van der Waals surface area contributed by atoms with Crippen LogP contribution in [-0.2, 0) is 4.74 Å². The van der Waals surface area contributed by atoms with Gasteiger partial charge in [-0.3, -0.25) is 0 Å². The van der Waals surface area contributed by atoms with Gasteiger partial charge in [-0.2, -0.15) is 5.26 Å². The lowest BCUT2D eigenvalue weighted by molar-refractivity contribution is 0.365. The van der Waals surface area contributed by atoms with Gasteiger partial charge in [-0.15, -0.1) is 0 Å². The van der Waals surface area contributed by atoms with Gasteiger partial charge in [-0.05, 0) is 25.5 Å². The van der Waals surface area contributed by atoms with Crippen LogP contribution in [0.2, 0.25) is 0 Å². The van der Waals surface area contributed by atoms with E-state index in [1.807, 2.05) is 50.3 Å². The number of hydrogen-bond donors (Lipinski definition) is 0. The molecular formula is C13H13NO. The Bertz CT molecular complexity index is 426. The molecule has 0 amide bonds. The van der Waals surface area contributed by atoms with Crippen molar-refractivity contribution in [1.29, 1.82) is 5.26 Å². The summed E-state index contributed by atoms with van der Waals surface area (Å²) in [6, 6.07) is 12.1. The number of nitrogens with zero attached hydrogens (tertiary/aromatic N) is 1. The van der Waals surface area contributed by atoms with E-state index in [2.05, 4.69) is 6.07 Å². The van der Waals surface area contributed by atoms with Crippen molar-refractivity contribution in [1.82, 2.24) is 0 Å². The summed E-state index contributed by atoms with van der Waals surface area (Å²) in [5, 5.41) is 9.12. The molecular weight excluding hydrogens is 186 g/mol. The Hall–Kier alpha value is -1.59. The molecule has 1 aliphatic heterocycles. The maximum absolute atomic E-state index is 9.12. The van der Waals surface area contributed by atoms with E-state index in [1.54, 1.807) is 0 Å². The lowest BCUT2D eigenvalue weighted by Crippen LogP contribution is -2.04. The normalized spacial score (nSPS) is 27.9. The Morgan fingerprint density at radius 2 is 2.07 bits per heavy atom. The van der Waals surface area contributed by atoms with E-state index in [4.69, 9.17) is 10.00 Å². The van der Waals surface area contributed by atoms with Crippen LogP contribution in [0.4, 0.5) is 0 Å². The minimum Gasteiger partial charge on any atom is -0.341 e. The van der Waals surface area contributed by atoms with Crippen molar-refractivity contribution in [2.75, 3.05) is 0 Å². The second-order valence-electron chi connectivity index (χ2n) is 4.04. The van der Waals surface area contributed by atoms with Crippen LogP contribution in [0.25, 0.3) is 0 Å². The number of benzene rings is 1. The van der Waals surface area contributed by atoms with E-state index in [-0.39, 0.29) is 6.10 Å². The first-order chi connectivity index (χ1) is 7.18. The zero-order valence-electron chi connectivity index (χ0n) is 8.90. The zero-order chi connectivity index (χ0) is 10.9. The quantitative estimate of drug-likeness (QED) is 0.542. The van der Waals surface area contributed by atoms with Crippen molar-refractivity contribution in [3.8, 4) is 6.07 Å². The van der Waals surface area contributed by atoms with Gasteiger partial charge in [0.05, 0.1) is 0 Å². The molecule has 2 nitrogen and oxygen atoms in total. The molecule has 0 bridgehead atoms. The highest BCUT2D eigenvalue weighted by Gasteiger charge is 2.56. The van der Waals surface area contributed by atoms with E-state index < -0.39 is 5.60 Å². The molecule has 1 fully saturated rings. The number of nitriles is 1. The van der Waals surface area contributed by atoms with Crippen LogP contribution in [-0.4, -0.2) is 5.60 Å². The molecule has 1 heterocycles. The van der Waals surface area contributed by atoms with E-state index in [1.165, 1.54) is 0 Å². The summed E-state index contributed by atoms with van der Waals surface area (Å²) < 4.78 is 5.51. The zero-order valence-corrected chi connectivity index (χ0v) is 8.90. The van der Waals surface area contributed by atoms with Crippen molar-refractivity contribution < 1.29 is 4.74 Å². The summed E-state index contributed by atoms with van der Waals surface area (Å²) in [5.74, 6) is 0. The summed E-state index contributed by atoms with van der Waals surface area (Å²) in [5.41, 5.74) is 1.45. The average Bonchev–Trinajstić information content (AvgIpc) is 2.94. The Labute approximate surface area is 89.8 Å². The molecule has 1 aliphatic rings. The SMILES string of the molecule is CC(C)=C[C@]1(C#N)O[C@@H]1c1ccccc1. The van der Waals surface area contributed by atoms with Gasteiger partial charge in [0.1, 0.15) is 12.2 Å². The fourth-order valence-corrected chi connectivity index (χ4v) is 1.76. The summed E-state index contributed by atoms with van der Waals surface area (Å²) >= 11 is 0. The third kappa shape index (κ3) is 1.79. The molecule has 76 valence electrons. The van der Waals surface area contributed by atoms with Crippen LogP contribution < -0.4 is 0 Å². The second-order valence-corrected chi connectivity index (χ2v) is 4.04. The van der Waals surface area contributed by atoms with E-state index in [0.717, 1.165) is 11.1 Å². The van der Waals surface area contributed by atoms with Crippen molar-refractivity contribution >= 4 is 0 Å². The molecule has 15 heavy (non-hydrogen) atoms. The van der Waals surface area contributed by atoms with Crippen LogP contribution in [0.5, 0.6) is 0 Å². The monoisotopic (exact) mass is 199 g/mol. The molecule has 0 unspecified atom stereocenters. The smallest absolute Gasteiger partial charge is 0.204 e. The fourth-order valence-electron chi connectivity index (χ4n) is 1.76. The van der Waals surface area contributed by atoms with Gasteiger partial charge in [-0.1, -0.05) is 35.9 Å². The van der Waals surface area contributed by atoms with Gasteiger partial charge in [0.15, 0.2) is 0 Å². The first-order valence-electron chi connectivity index (χ1n) is 4.98. The molecule has 0 aliphatic carbocycles. The summed E-state index contributed by atoms with van der Waals surface area (Å²) in [4.78, 5) is 0. The van der Waals surface area contributed by atoms with E-state index in [9.17, 15) is 0 Å². The van der Waals surface area contributed by atoms with Gasteiger partial charge >= 0.3 is 0 Å². The van der Waals surface area contributed by atoms with Crippen molar-refractivity contribution in [2.24, 2.45) is 0 Å². The standard InChI is InChI=1S/C13H13NO/c1-10(2)8-13(9-14)12(15-13)11-6-4-3-5-7-11/h3-8,12H,1-2H3/t12-,13-/m1/s1. The predicted molar refractivity (Wildman–Crippen MR) is 58.0 cm³/mol. The minimum atomic E-state index is -0.722. The Balaban J connectivity index is 2.25. The molecule has 2 heteroatoms. The molecule has 0 aromatic heterocycles. The maximum atomic E-state index is 9.12. The topological polar surface area (TPSA) is 36.3 Å². The van der Waals surface area contributed by atoms with Crippen LogP contribution in [0, 0.1) is 11.3 Å². The number of epoxide rings is 1. The summed E-state index contributed by atoms with van der Waals surface area (Å²) in [7, 11) is 0. The number of allylic oxidation sites excluding steroid dienone is 1. The molecule has 0 saturated carbocycles. The van der Waals surface area contributed by atoms with Crippen molar-refractivity contribution in [2.45, 2.75) is 25.6 Å². The lowest BCUT2D eigenvalue weighted by atomic mass is 9.99. The maximum Gasteiger partial charge on any atom is 0.204 e. The lowest BCUT2D eigenvalue weighted by Gasteiger charge is -1.98. The molecule has 0 spiro atoms. The summed E-state index contributed by atoms with van der Waals surface area (Å²) in [6.07, 6.45) is 1.79. The number of rotatable bonds is 2. The third-order valence-corrected chi connectivity index (χ3v) is 2.43. The van der Waals surface area contributed by atoms with Crippen LogP contribution in [0.3, 0.4) is 0 Å². The molecule has 1 aromatic rings. The average molecular weight is 199 g/mol. The summed E-state index contributed by atoms with van der Waals surface area (Å²) in [6.45, 7) is 3.95. The molecule has 0 radical (unpaired) electrons. The van der Waals surface area contributed by atoms with E-state index >= 15 is 0 Å². The predicted octanol–water partition coefficient (Wildman–Crippen LogP) is 2.99. The van der Waals surface area contributed by atoms with Gasteiger partial charge < -0.3 is 4.74 Å². The number of hydrogen-bond acceptors (Lipinski definition) is 2. The Morgan fingerprint density at radius 1 is 1.40 bits per heavy atom. The van der Waals surface area contributed by atoms with Crippen LogP contribution in [0.1, 0.15) is 25.5 Å². The molecule has 0 N–H and O–H groups in total. The van der Waals surface area contributed by atoms with Gasteiger partial charge in [0.25, 0.3) is 0 Å². The second kappa shape index (κ2) is 3.52. The molecule has 2 rings (SSSR count). The van der Waals surface area contributed by atoms with Gasteiger partial charge in [-0.25, -0.2) is 0 Å². The first-order valence-corrected chi connectivity index (χ1v) is 4.98. The van der Waals surface area contributed by atoms with Crippen molar-refractivity contribution in [3.05, 3.63) is 47.5 Å². The minimum absolute atomic E-state index is 0.0985. The van der Waals surface area contributed by atoms with Gasteiger partial charge in [0, 0.05) is 0 Å². The molecule has 1 saturated heterocycles. The Morgan fingerprint density at radius 3 is 2.60 bits per heavy atom. The van der Waals surface area contributed by atoms with Crippen LogP contribution in [0.15, 0.2) is 42.0 Å². The largest absolute Gasteiger partial charge is 0.341 e. The highest BCUT2D eigenvalue weighted by molar-refractivity contribution is 5.38. The van der Waals surface area contributed by atoms with E-state index in [0.29, 0.717) is 0 Å². The first kappa shape index (κ1) is 9.95. The Kier molecular flexibility index (Phi) is 2.34. The molecule has 2 atom stereocenters. The highest BCUT2D eigenvalue weighted by atomic mass is 16.6. The molecule has 1 aromatic carbocycles. The van der Waals surface area contributed by atoms with Gasteiger partial charge in [0.2, 0.25) is 5.60 Å². The highest BCUT2D eigenvalue weighted by Crippen LogP contribution is 2.50. The number of ether oxygens (including phenoxy) is 1. The van der Waals surface area contributed by atoms with Crippen LogP contribution >= 0.6 is 0 Å². The fraction of sp³-hybridized carbons (Fsp3) is 0.308.